The second-order valence-corrected chi connectivity index (χ2v) is 4.36. The Morgan fingerprint density at radius 1 is 1.25 bits per heavy atom. The number of nitrogens with zero attached hydrogens (tertiary/aromatic N) is 4. The molecule has 7 heteroatoms. The zero-order valence-electron chi connectivity index (χ0n) is 5.98. The Balaban J connectivity index is 2.50. The van der Waals surface area contributed by atoms with Gasteiger partial charge >= 0.3 is 0 Å². The Kier molecular flexibility index (Phi) is 2.03. The van der Waals surface area contributed by atoms with Crippen LogP contribution in [-0.4, -0.2) is 19.8 Å². The zero-order chi connectivity index (χ0) is 8.55. The average molecular weight is 219 g/mol. The minimum absolute atomic E-state index is 0.442. The van der Waals surface area contributed by atoms with E-state index in [-0.39, 0.29) is 0 Å². The molecule has 0 saturated heterocycles. The van der Waals surface area contributed by atoms with Gasteiger partial charge in [-0.05, 0) is 30.1 Å². The smallest absolute Gasteiger partial charge is 0.143 e. The first-order valence-electron chi connectivity index (χ1n) is 3.05. The maximum atomic E-state index is 5.64. The standard InChI is InChI=1S/C5H3ClN4S2/c1-2-3(12-10-7-2)4-8-9-5(6)11-4/h1H3. The molecule has 0 atom stereocenters. The summed E-state index contributed by atoms with van der Waals surface area (Å²) in [5.74, 6) is 0. The monoisotopic (exact) mass is 218 g/mol. The molecule has 62 valence electrons. The summed E-state index contributed by atoms with van der Waals surface area (Å²) in [5, 5.41) is 12.2. The first-order chi connectivity index (χ1) is 5.77. The number of rotatable bonds is 1. The lowest BCUT2D eigenvalue weighted by Crippen LogP contribution is -1.76. The number of halogens is 1. The van der Waals surface area contributed by atoms with Crippen LogP contribution >= 0.6 is 34.5 Å². The predicted molar refractivity (Wildman–Crippen MR) is 48.6 cm³/mol. The molecule has 2 aromatic heterocycles. The van der Waals surface area contributed by atoms with Crippen LogP contribution in [0.2, 0.25) is 4.47 Å². The molecule has 0 radical (unpaired) electrons. The lowest BCUT2D eigenvalue weighted by atomic mass is 10.4. The lowest BCUT2D eigenvalue weighted by Gasteiger charge is -1.84. The summed E-state index contributed by atoms with van der Waals surface area (Å²) >= 11 is 8.28. The molecule has 0 bridgehead atoms. The van der Waals surface area contributed by atoms with E-state index in [9.17, 15) is 0 Å². The van der Waals surface area contributed by atoms with Gasteiger partial charge in [-0.1, -0.05) is 15.8 Å². The van der Waals surface area contributed by atoms with Crippen LogP contribution in [0.15, 0.2) is 0 Å². The first-order valence-corrected chi connectivity index (χ1v) is 5.02. The largest absolute Gasteiger partial charge is 0.207 e. The molecule has 0 aliphatic rings. The van der Waals surface area contributed by atoms with Crippen molar-refractivity contribution in [3.8, 4) is 9.88 Å². The number of aromatic nitrogens is 4. The van der Waals surface area contributed by atoms with Crippen LogP contribution in [-0.2, 0) is 0 Å². The molecule has 0 fully saturated rings. The Morgan fingerprint density at radius 2 is 2.08 bits per heavy atom. The Bertz CT molecular complexity index is 396. The minimum atomic E-state index is 0.442. The van der Waals surface area contributed by atoms with Crippen molar-refractivity contribution in [3.63, 3.8) is 0 Å². The van der Waals surface area contributed by atoms with Gasteiger partial charge in [0.1, 0.15) is 4.88 Å². The third kappa shape index (κ3) is 1.33. The maximum absolute atomic E-state index is 5.64. The van der Waals surface area contributed by atoms with E-state index >= 15 is 0 Å². The van der Waals surface area contributed by atoms with Crippen molar-refractivity contribution < 1.29 is 0 Å². The van der Waals surface area contributed by atoms with Crippen LogP contribution in [0, 0.1) is 6.92 Å². The van der Waals surface area contributed by atoms with Gasteiger partial charge in [0.15, 0.2) is 5.01 Å². The van der Waals surface area contributed by atoms with Crippen LogP contribution in [0.25, 0.3) is 9.88 Å². The van der Waals surface area contributed by atoms with E-state index in [2.05, 4.69) is 19.8 Å². The van der Waals surface area contributed by atoms with Gasteiger partial charge in [-0.2, -0.15) is 0 Å². The van der Waals surface area contributed by atoms with Gasteiger partial charge in [0, 0.05) is 0 Å². The minimum Gasteiger partial charge on any atom is -0.143 e. The fourth-order valence-corrected chi connectivity index (χ4v) is 2.32. The summed E-state index contributed by atoms with van der Waals surface area (Å²) in [5.41, 5.74) is 0.868. The molecule has 0 aliphatic heterocycles. The van der Waals surface area contributed by atoms with Crippen molar-refractivity contribution in [2.24, 2.45) is 0 Å². The second kappa shape index (κ2) is 3.04. The Hall–Kier alpha value is -0.590. The SMILES string of the molecule is Cc1nnsc1-c1nnc(Cl)s1. The topological polar surface area (TPSA) is 51.6 Å². The molecule has 12 heavy (non-hydrogen) atoms. The van der Waals surface area contributed by atoms with Gasteiger partial charge in [-0.15, -0.1) is 15.3 Å². The van der Waals surface area contributed by atoms with Gasteiger partial charge in [-0.3, -0.25) is 0 Å². The molecule has 0 aliphatic carbocycles. The molecule has 0 N–H and O–H groups in total. The van der Waals surface area contributed by atoms with Gasteiger partial charge in [0.2, 0.25) is 4.47 Å². The van der Waals surface area contributed by atoms with Crippen molar-refractivity contribution in [2.45, 2.75) is 6.92 Å². The van der Waals surface area contributed by atoms with Gasteiger partial charge in [-0.25, -0.2) is 0 Å². The first kappa shape index (κ1) is 8.03. The van der Waals surface area contributed by atoms with E-state index in [1.807, 2.05) is 6.92 Å². The maximum Gasteiger partial charge on any atom is 0.207 e. The highest BCUT2D eigenvalue weighted by Crippen LogP contribution is 2.29. The normalized spacial score (nSPS) is 10.5. The van der Waals surface area contributed by atoms with Crippen molar-refractivity contribution >= 4 is 34.5 Å². The highest BCUT2D eigenvalue weighted by molar-refractivity contribution is 7.21. The molecule has 0 aromatic carbocycles. The van der Waals surface area contributed by atoms with Crippen LogP contribution < -0.4 is 0 Å². The van der Waals surface area contributed by atoms with Crippen molar-refractivity contribution in [3.05, 3.63) is 10.2 Å². The third-order valence-electron chi connectivity index (χ3n) is 1.25. The highest BCUT2D eigenvalue weighted by Gasteiger charge is 2.10. The molecular weight excluding hydrogens is 216 g/mol. The molecule has 2 heterocycles. The van der Waals surface area contributed by atoms with Crippen molar-refractivity contribution in [2.75, 3.05) is 0 Å². The van der Waals surface area contributed by atoms with E-state index in [4.69, 9.17) is 11.6 Å². The molecule has 2 rings (SSSR count). The van der Waals surface area contributed by atoms with Crippen LogP contribution in [0.4, 0.5) is 0 Å². The quantitative estimate of drug-likeness (QED) is 0.735. The van der Waals surface area contributed by atoms with E-state index < -0.39 is 0 Å². The number of hydrogen-bond acceptors (Lipinski definition) is 6. The number of aryl methyl sites for hydroxylation is 1. The van der Waals surface area contributed by atoms with E-state index in [1.54, 1.807) is 0 Å². The molecule has 0 unspecified atom stereocenters. The van der Waals surface area contributed by atoms with E-state index in [1.165, 1.54) is 22.9 Å². The molecular formula is C5H3ClN4S2. The predicted octanol–water partition coefficient (Wildman–Crippen LogP) is 2.02. The molecule has 0 saturated carbocycles. The van der Waals surface area contributed by atoms with Crippen LogP contribution in [0.5, 0.6) is 0 Å². The summed E-state index contributed by atoms with van der Waals surface area (Å²) in [6.45, 7) is 1.88. The Morgan fingerprint density at radius 3 is 2.58 bits per heavy atom. The van der Waals surface area contributed by atoms with Crippen LogP contribution in [0.3, 0.4) is 0 Å². The fourth-order valence-electron chi connectivity index (χ4n) is 0.725. The average Bonchev–Trinajstić information content (AvgIpc) is 2.58. The third-order valence-corrected chi connectivity index (χ3v) is 3.25. The summed E-state index contributed by atoms with van der Waals surface area (Å²) in [4.78, 5) is 0.944. The molecule has 0 spiro atoms. The fraction of sp³-hybridized carbons (Fsp3) is 0.200. The van der Waals surface area contributed by atoms with Gasteiger partial charge in [0.25, 0.3) is 0 Å². The molecule has 2 aromatic rings. The zero-order valence-corrected chi connectivity index (χ0v) is 8.37. The highest BCUT2D eigenvalue weighted by atomic mass is 35.5. The van der Waals surface area contributed by atoms with Crippen molar-refractivity contribution in [1.29, 1.82) is 0 Å². The summed E-state index contributed by atoms with van der Waals surface area (Å²) in [6.07, 6.45) is 0. The summed E-state index contributed by atoms with van der Waals surface area (Å²) in [7, 11) is 0. The number of hydrogen-bond donors (Lipinski definition) is 0. The summed E-state index contributed by atoms with van der Waals surface area (Å²) in [6, 6.07) is 0. The Labute approximate surface area is 81.4 Å². The molecule has 4 nitrogen and oxygen atoms in total. The van der Waals surface area contributed by atoms with Crippen molar-refractivity contribution in [1.82, 2.24) is 19.8 Å². The van der Waals surface area contributed by atoms with E-state index in [0.29, 0.717) is 4.47 Å². The summed E-state index contributed by atoms with van der Waals surface area (Å²) < 4.78 is 4.24. The van der Waals surface area contributed by atoms with E-state index in [0.717, 1.165) is 15.6 Å². The second-order valence-electron chi connectivity index (χ2n) is 2.05. The van der Waals surface area contributed by atoms with Crippen LogP contribution in [0.1, 0.15) is 5.69 Å². The van der Waals surface area contributed by atoms with Gasteiger partial charge in [0.05, 0.1) is 5.69 Å². The van der Waals surface area contributed by atoms with Gasteiger partial charge < -0.3 is 0 Å². The molecule has 0 amide bonds. The lowest BCUT2D eigenvalue weighted by molar-refractivity contribution is 1.07.